The molecule has 13 heavy (non-hydrogen) atoms. The van der Waals surface area contributed by atoms with E-state index in [1.165, 1.54) is 0 Å². The molecule has 0 heterocycles. The van der Waals surface area contributed by atoms with Gasteiger partial charge in [-0.2, -0.15) is 17.9 Å². The fourth-order valence-corrected chi connectivity index (χ4v) is 2.03. The standard InChI is InChI=1S/C5H7ClF3NO2S/c6-3-13(11,12)10-4(1-2-4)5(7,8)9/h10H,1-3H2. The Hall–Kier alpha value is -0.0100. The lowest BCUT2D eigenvalue weighted by Crippen LogP contribution is -2.48. The number of nitrogens with one attached hydrogen (secondary N) is 1. The number of alkyl halides is 4. The average Bonchev–Trinajstić information content (AvgIpc) is 2.67. The molecule has 0 radical (unpaired) electrons. The highest BCUT2D eigenvalue weighted by atomic mass is 35.5. The summed E-state index contributed by atoms with van der Waals surface area (Å²) in [5.41, 5.74) is -2.25. The molecule has 1 aliphatic rings. The maximum atomic E-state index is 12.2. The molecule has 0 aromatic carbocycles. The molecule has 0 aromatic heterocycles. The summed E-state index contributed by atoms with van der Waals surface area (Å²) >= 11 is 4.96. The number of hydrogen-bond donors (Lipinski definition) is 1. The van der Waals surface area contributed by atoms with Gasteiger partial charge in [0.05, 0.1) is 0 Å². The summed E-state index contributed by atoms with van der Waals surface area (Å²) < 4.78 is 59.6. The van der Waals surface area contributed by atoms with Crippen LogP contribution in [-0.4, -0.2) is 25.3 Å². The van der Waals surface area contributed by atoms with E-state index >= 15 is 0 Å². The Kier molecular flexibility index (Phi) is 2.55. The highest BCUT2D eigenvalue weighted by molar-refractivity contribution is 7.90. The minimum absolute atomic E-state index is 0.216. The zero-order valence-electron chi connectivity index (χ0n) is 6.36. The Balaban J connectivity index is 2.76. The Morgan fingerprint density at radius 2 is 1.85 bits per heavy atom. The number of halogens is 4. The van der Waals surface area contributed by atoms with Crippen LogP contribution in [0.4, 0.5) is 13.2 Å². The Bertz CT molecular complexity index is 295. The van der Waals surface area contributed by atoms with E-state index in [4.69, 9.17) is 11.6 Å². The molecular formula is C5H7ClF3NO2S. The summed E-state index contributed by atoms with van der Waals surface area (Å²) in [6.45, 7) is 0. The van der Waals surface area contributed by atoms with Crippen LogP contribution in [0, 0.1) is 0 Å². The van der Waals surface area contributed by atoms with E-state index in [-0.39, 0.29) is 12.8 Å². The molecule has 8 heteroatoms. The highest BCUT2D eigenvalue weighted by Gasteiger charge is 2.65. The van der Waals surface area contributed by atoms with Crippen LogP contribution in [0.5, 0.6) is 0 Å². The smallest absolute Gasteiger partial charge is 0.211 e. The largest absolute Gasteiger partial charge is 0.407 e. The van der Waals surface area contributed by atoms with Crippen LogP contribution in [0.1, 0.15) is 12.8 Å². The highest BCUT2D eigenvalue weighted by Crippen LogP contribution is 2.49. The Labute approximate surface area is 78.3 Å². The normalized spacial score (nSPS) is 21.5. The van der Waals surface area contributed by atoms with Crippen molar-refractivity contribution in [3.05, 3.63) is 0 Å². The quantitative estimate of drug-likeness (QED) is 0.750. The summed E-state index contributed by atoms with van der Waals surface area (Å²) in [6.07, 6.45) is -4.97. The number of hydrogen-bond acceptors (Lipinski definition) is 2. The second kappa shape index (κ2) is 2.99. The molecule has 0 amide bonds. The van der Waals surface area contributed by atoms with Crippen molar-refractivity contribution in [1.29, 1.82) is 0 Å². The molecule has 1 rings (SSSR count). The van der Waals surface area contributed by atoms with Gasteiger partial charge in [-0.15, -0.1) is 11.6 Å². The lowest BCUT2D eigenvalue weighted by atomic mass is 10.3. The van der Waals surface area contributed by atoms with Gasteiger partial charge in [0.1, 0.15) is 10.8 Å². The van der Waals surface area contributed by atoms with Crippen LogP contribution >= 0.6 is 11.6 Å². The van der Waals surface area contributed by atoms with Gasteiger partial charge in [-0.05, 0) is 12.8 Å². The van der Waals surface area contributed by atoms with Crippen LogP contribution in [0.2, 0.25) is 0 Å². The molecule has 0 saturated heterocycles. The molecule has 0 bridgehead atoms. The monoisotopic (exact) mass is 237 g/mol. The van der Waals surface area contributed by atoms with Crippen molar-refractivity contribution in [2.75, 3.05) is 5.21 Å². The van der Waals surface area contributed by atoms with Gasteiger partial charge in [-0.1, -0.05) is 0 Å². The van der Waals surface area contributed by atoms with Gasteiger partial charge >= 0.3 is 6.18 Å². The molecular weight excluding hydrogens is 231 g/mol. The van der Waals surface area contributed by atoms with Gasteiger partial charge in [-0.25, -0.2) is 8.42 Å². The maximum Gasteiger partial charge on any atom is 0.407 e. The first-order valence-corrected chi connectivity index (χ1v) is 5.55. The van der Waals surface area contributed by atoms with Crippen LogP contribution in [-0.2, 0) is 10.0 Å². The predicted octanol–water partition coefficient (Wildman–Crippen LogP) is 1.20. The van der Waals surface area contributed by atoms with Crippen molar-refractivity contribution < 1.29 is 21.6 Å². The molecule has 1 aliphatic carbocycles. The Morgan fingerprint density at radius 1 is 1.38 bits per heavy atom. The lowest BCUT2D eigenvalue weighted by molar-refractivity contribution is -0.160. The molecule has 1 N–H and O–H groups in total. The summed E-state index contributed by atoms with van der Waals surface area (Å²) in [5.74, 6) is 0. The summed E-state index contributed by atoms with van der Waals surface area (Å²) in [5, 5.41) is -0.856. The second-order valence-corrected chi connectivity index (χ2v) is 5.21. The van der Waals surface area contributed by atoms with Gasteiger partial charge in [0.15, 0.2) is 0 Å². The van der Waals surface area contributed by atoms with E-state index in [2.05, 4.69) is 0 Å². The SMILES string of the molecule is O=S(=O)(CCl)NC1(C(F)(F)F)CC1. The Morgan fingerprint density at radius 3 is 2.08 bits per heavy atom. The number of sulfonamides is 1. The fraction of sp³-hybridized carbons (Fsp3) is 1.00. The minimum Gasteiger partial charge on any atom is -0.211 e. The summed E-state index contributed by atoms with van der Waals surface area (Å²) in [4.78, 5) is 0. The van der Waals surface area contributed by atoms with Crippen LogP contribution in [0.25, 0.3) is 0 Å². The first-order valence-electron chi connectivity index (χ1n) is 3.37. The van der Waals surface area contributed by atoms with E-state index in [1.807, 2.05) is 0 Å². The average molecular weight is 238 g/mol. The van der Waals surface area contributed by atoms with Crippen molar-refractivity contribution in [2.45, 2.75) is 24.6 Å². The van der Waals surface area contributed by atoms with Crippen LogP contribution < -0.4 is 4.72 Å². The van der Waals surface area contributed by atoms with Crippen molar-refractivity contribution >= 4 is 21.6 Å². The fourth-order valence-electron chi connectivity index (χ4n) is 0.893. The van der Waals surface area contributed by atoms with Gasteiger partial charge in [0, 0.05) is 0 Å². The third kappa shape index (κ3) is 2.26. The van der Waals surface area contributed by atoms with Gasteiger partial charge in [0.2, 0.25) is 10.0 Å². The van der Waals surface area contributed by atoms with E-state index in [0.717, 1.165) is 0 Å². The zero-order chi connectivity index (χ0) is 10.3. The molecule has 3 nitrogen and oxygen atoms in total. The first-order chi connectivity index (χ1) is 5.72. The van der Waals surface area contributed by atoms with Gasteiger partial charge in [0.25, 0.3) is 0 Å². The topological polar surface area (TPSA) is 46.2 Å². The lowest BCUT2D eigenvalue weighted by Gasteiger charge is -2.19. The number of rotatable bonds is 3. The van der Waals surface area contributed by atoms with Crippen LogP contribution in [0.3, 0.4) is 0 Å². The first kappa shape index (κ1) is 11.1. The molecule has 78 valence electrons. The zero-order valence-corrected chi connectivity index (χ0v) is 7.93. The van der Waals surface area contributed by atoms with Crippen molar-refractivity contribution in [2.24, 2.45) is 0 Å². The van der Waals surface area contributed by atoms with Crippen molar-refractivity contribution in [3.8, 4) is 0 Å². The molecule has 1 saturated carbocycles. The van der Waals surface area contributed by atoms with Gasteiger partial charge in [-0.3, -0.25) is 0 Å². The summed E-state index contributed by atoms with van der Waals surface area (Å²) in [7, 11) is -4.00. The van der Waals surface area contributed by atoms with E-state index in [1.54, 1.807) is 4.72 Å². The van der Waals surface area contributed by atoms with E-state index in [9.17, 15) is 21.6 Å². The minimum atomic E-state index is -4.54. The van der Waals surface area contributed by atoms with Crippen LogP contribution in [0.15, 0.2) is 0 Å². The molecule has 0 spiro atoms. The molecule has 1 fully saturated rings. The summed E-state index contributed by atoms with van der Waals surface area (Å²) in [6, 6.07) is 0. The predicted molar refractivity (Wildman–Crippen MR) is 40.8 cm³/mol. The molecule has 0 aliphatic heterocycles. The molecule has 0 atom stereocenters. The second-order valence-electron chi connectivity index (χ2n) is 2.91. The maximum absolute atomic E-state index is 12.2. The van der Waals surface area contributed by atoms with E-state index < -0.39 is 27.0 Å². The van der Waals surface area contributed by atoms with Crippen molar-refractivity contribution in [3.63, 3.8) is 0 Å². The third-order valence-electron chi connectivity index (χ3n) is 1.79. The van der Waals surface area contributed by atoms with Gasteiger partial charge < -0.3 is 0 Å². The van der Waals surface area contributed by atoms with Crippen molar-refractivity contribution in [1.82, 2.24) is 4.72 Å². The molecule has 0 unspecified atom stereocenters. The molecule has 0 aromatic rings. The van der Waals surface area contributed by atoms with E-state index in [0.29, 0.717) is 0 Å². The third-order valence-corrected chi connectivity index (χ3v) is 3.64.